The van der Waals surface area contributed by atoms with Crippen LogP contribution in [-0.2, 0) is 4.79 Å². The van der Waals surface area contributed by atoms with E-state index in [2.05, 4.69) is 16.8 Å². The first-order valence-corrected chi connectivity index (χ1v) is 4.75. The molecule has 0 saturated carbocycles. The Morgan fingerprint density at radius 3 is 3.08 bits per heavy atom. The Bertz CT molecular complexity index is 193. The van der Waals surface area contributed by atoms with Crippen LogP contribution in [0.25, 0.3) is 0 Å². The lowest BCUT2D eigenvalue weighted by atomic mass is 9.99. The summed E-state index contributed by atoms with van der Waals surface area (Å²) in [5.41, 5.74) is 0. The molecule has 0 spiro atoms. The molecule has 0 N–H and O–H groups in total. The van der Waals surface area contributed by atoms with Crippen LogP contribution in [0, 0.1) is 0 Å². The molecular formula is C9H16N2O. The van der Waals surface area contributed by atoms with Crippen LogP contribution in [0.3, 0.4) is 0 Å². The Morgan fingerprint density at radius 2 is 2.25 bits per heavy atom. The van der Waals surface area contributed by atoms with Gasteiger partial charge in [-0.2, -0.15) is 0 Å². The van der Waals surface area contributed by atoms with Crippen LogP contribution in [0.4, 0.5) is 0 Å². The van der Waals surface area contributed by atoms with E-state index in [1.54, 1.807) is 0 Å². The van der Waals surface area contributed by atoms with Gasteiger partial charge >= 0.3 is 0 Å². The minimum Gasteiger partial charge on any atom is -0.337 e. The number of amides is 1. The molecule has 12 heavy (non-hydrogen) atoms. The minimum absolute atomic E-state index is 0.374. The second-order valence-corrected chi connectivity index (χ2v) is 3.90. The molecule has 68 valence electrons. The summed E-state index contributed by atoms with van der Waals surface area (Å²) in [7, 11) is 2.14. The van der Waals surface area contributed by atoms with Crippen LogP contribution in [0.1, 0.15) is 19.3 Å². The second kappa shape index (κ2) is 3.05. The molecule has 3 heteroatoms. The molecule has 1 atom stereocenters. The molecule has 2 saturated heterocycles. The summed E-state index contributed by atoms with van der Waals surface area (Å²) in [5.74, 6) is 0.374. The first-order valence-electron chi connectivity index (χ1n) is 4.75. The standard InChI is InChI=1S/C9H16N2O/c1-10-5-6-11-8(7-10)3-2-4-9(11)12/h8H,2-7H2,1H3/t8-/m1/s1. The molecular weight excluding hydrogens is 152 g/mol. The zero-order valence-corrected chi connectivity index (χ0v) is 7.62. The van der Waals surface area contributed by atoms with Crippen molar-refractivity contribution in [1.82, 2.24) is 9.80 Å². The summed E-state index contributed by atoms with van der Waals surface area (Å²) in [6.07, 6.45) is 3.07. The van der Waals surface area contributed by atoms with Crippen molar-refractivity contribution in [3.63, 3.8) is 0 Å². The van der Waals surface area contributed by atoms with Gasteiger partial charge in [-0.15, -0.1) is 0 Å². The van der Waals surface area contributed by atoms with Crippen molar-refractivity contribution >= 4 is 5.91 Å². The van der Waals surface area contributed by atoms with Gasteiger partial charge in [0.05, 0.1) is 0 Å². The fourth-order valence-corrected chi connectivity index (χ4v) is 2.22. The van der Waals surface area contributed by atoms with Gasteiger partial charge in [0.15, 0.2) is 0 Å². The van der Waals surface area contributed by atoms with E-state index < -0.39 is 0 Å². The smallest absolute Gasteiger partial charge is 0.222 e. The highest BCUT2D eigenvalue weighted by atomic mass is 16.2. The van der Waals surface area contributed by atoms with Crippen LogP contribution in [0.2, 0.25) is 0 Å². The van der Waals surface area contributed by atoms with E-state index in [4.69, 9.17) is 0 Å². The van der Waals surface area contributed by atoms with Crippen LogP contribution < -0.4 is 0 Å². The van der Waals surface area contributed by atoms with Crippen LogP contribution in [0.5, 0.6) is 0 Å². The van der Waals surface area contributed by atoms with Crippen molar-refractivity contribution < 1.29 is 4.79 Å². The van der Waals surface area contributed by atoms with Crippen molar-refractivity contribution in [1.29, 1.82) is 0 Å². The molecule has 0 aromatic heterocycles. The lowest BCUT2D eigenvalue weighted by molar-refractivity contribution is -0.139. The molecule has 2 heterocycles. The summed E-state index contributed by atoms with van der Waals surface area (Å²) < 4.78 is 0. The van der Waals surface area contributed by atoms with Crippen LogP contribution >= 0.6 is 0 Å². The summed E-state index contributed by atoms with van der Waals surface area (Å²) >= 11 is 0. The number of likely N-dealkylation sites (N-methyl/N-ethyl adjacent to an activating group) is 1. The normalized spacial score (nSPS) is 31.9. The first-order chi connectivity index (χ1) is 5.77. The van der Waals surface area contributed by atoms with E-state index in [0.717, 1.165) is 32.5 Å². The van der Waals surface area contributed by atoms with Crippen molar-refractivity contribution in [2.75, 3.05) is 26.7 Å². The third-order valence-electron chi connectivity index (χ3n) is 2.93. The summed E-state index contributed by atoms with van der Waals surface area (Å²) in [5, 5.41) is 0. The fraction of sp³-hybridized carbons (Fsp3) is 0.889. The number of piperazine rings is 1. The van der Waals surface area contributed by atoms with E-state index in [1.807, 2.05) is 0 Å². The van der Waals surface area contributed by atoms with Gasteiger partial charge in [-0.1, -0.05) is 0 Å². The number of carbonyl (C=O) groups excluding carboxylic acids is 1. The molecule has 0 bridgehead atoms. The van der Waals surface area contributed by atoms with Crippen molar-refractivity contribution in [2.45, 2.75) is 25.3 Å². The topological polar surface area (TPSA) is 23.6 Å². The molecule has 1 amide bonds. The number of rotatable bonds is 0. The van der Waals surface area contributed by atoms with Crippen LogP contribution in [0.15, 0.2) is 0 Å². The van der Waals surface area contributed by atoms with Gasteiger partial charge in [0.2, 0.25) is 5.91 Å². The molecule has 0 aromatic rings. The Hall–Kier alpha value is -0.570. The Labute approximate surface area is 73.3 Å². The summed E-state index contributed by atoms with van der Waals surface area (Å²) in [6, 6.07) is 0.519. The van der Waals surface area contributed by atoms with Crippen LogP contribution in [-0.4, -0.2) is 48.4 Å². The predicted molar refractivity (Wildman–Crippen MR) is 46.8 cm³/mol. The third kappa shape index (κ3) is 1.33. The van der Waals surface area contributed by atoms with Gasteiger partial charge in [-0.3, -0.25) is 4.79 Å². The number of piperidine rings is 1. The van der Waals surface area contributed by atoms with Crippen molar-refractivity contribution in [3.05, 3.63) is 0 Å². The second-order valence-electron chi connectivity index (χ2n) is 3.90. The zero-order chi connectivity index (χ0) is 8.55. The van der Waals surface area contributed by atoms with E-state index in [-0.39, 0.29) is 0 Å². The maximum absolute atomic E-state index is 11.4. The van der Waals surface area contributed by atoms with Crippen molar-refractivity contribution in [2.24, 2.45) is 0 Å². The lowest BCUT2D eigenvalue weighted by Gasteiger charge is -2.42. The van der Waals surface area contributed by atoms with Gasteiger partial charge < -0.3 is 9.80 Å². The van der Waals surface area contributed by atoms with Gasteiger partial charge in [0, 0.05) is 32.1 Å². The predicted octanol–water partition coefficient (Wildman–Crippen LogP) is 0.313. The lowest BCUT2D eigenvalue weighted by Crippen LogP contribution is -2.55. The Balaban J connectivity index is 2.04. The molecule has 0 aromatic carbocycles. The number of hydrogen-bond acceptors (Lipinski definition) is 2. The van der Waals surface area contributed by atoms with Crippen molar-refractivity contribution in [3.8, 4) is 0 Å². The highest BCUT2D eigenvalue weighted by Crippen LogP contribution is 2.21. The largest absolute Gasteiger partial charge is 0.337 e. The molecule has 3 nitrogen and oxygen atoms in total. The van der Waals surface area contributed by atoms with Gasteiger partial charge in [0.1, 0.15) is 0 Å². The van der Waals surface area contributed by atoms with Gasteiger partial charge in [-0.25, -0.2) is 0 Å². The zero-order valence-electron chi connectivity index (χ0n) is 7.62. The number of carbonyl (C=O) groups is 1. The molecule has 0 aliphatic carbocycles. The third-order valence-corrected chi connectivity index (χ3v) is 2.93. The molecule has 2 rings (SSSR count). The molecule has 0 unspecified atom stereocenters. The highest BCUT2D eigenvalue weighted by Gasteiger charge is 2.31. The number of nitrogens with zero attached hydrogens (tertiary/aromatic N) is 2. The Morgan fingerprint density at radius 1 is 1.42 bits per heavy atom. The van der Waals surface area contributed by atoms with E-state index in [0.29, 0.717) is 11.9 Å². The SMILES string of the molecule is CN1CCN2C(=O)CCC[C@@H]2C1. The van der Waals surface area contributed by atoms with E-state index >= 15 is 0 Å². The minimum atomic E-state index is 0.374. The average molecular weight is 168 g/mol. The average Bonchev–Trinajstić information content (AvgIpc) is 2.04. The van der Waals surface area contributed by atoms with Gasteiger partial charge in [-0.05, 0) is 19.9 Å². The quantitative estimate of drug-likeness (QED) is 0.520. The molecule has 2 fully saturated rings. The van der Waals surface area contributed by atoms with E-state index in [1.165, 1.54) is 6.42 Å². The van der Waals surface area contributed by atoms with E-state index in [9.17, 15) is 4.79 Å². The van der Waals surface area contributed by atoms with Gasteiger partial charge in [0.25, 0.3) is 0 Å². The summed E-state index contributed by atoms with van der Waals surface area (Å²) in [4.78, 5) is 15.8. The maximum atomic E-state index is 11.4. The molecule has 2 aliphatic rings. The number of hydrogen-bond donors (Lipinski definition) is 0. The highest BCUT2D eigenvalue weighted by molar-refractivity contribution is 5.77. The fourth-order valence-electron chi connectivity index (χ4n) is 2.22. The monoisotopic (exact) mass is 168 g/mol. The maximum Gasteiger partial charge on any atom is 0.222 e. The summed E-state index contributed by atoms with van der Waals surface area (Å²) in [6.45, 7) is 3.06. The molecule has 0 radical (unpaired) electrons. The first kappa shape index (κ1) is 8.05. The Kier molecular flexibility index (Phi) is 2.05. The molecule has 2 aliphatic heterocycles. The number of fused-ring (bicyclic) bond motifs is 1.